The molecule has 0 aliphatic heterocycles. The van der Waals surface area contributed by atoms with Crippen LogP contribution in [0.2, 0.25) is 5.02 Å². The number of ether oxygens (including phenoxy) is 1. The summed E-state index contributed by atoms with van der Waals surface area (Å²) in [5.74, 6) is 1.22. The molecule has 3 aromatic rings. The van der Waals surface area contributed by atoms with Crippen LogP contribution in [0.1, 0.15) is 0 Å². The van der Waals surface area contributed by atoms with E-state index in [1.54, 1.807) is 24.3 Å². The van der Waals surface area contributed by atoms with Gasteiger partial charge in [0.25, 0.3) is 0 Å². The molecule has 0 bridgehead atoms. The molecule has 0 spiro atoms. The van der Waals surface area contributed by atoms with Gasteiger partial charge in [-0.2, -0.15) is 0 Å². The highest BCUT2D eigenvalue weighted by Gasteiger charge is 2.07. The zero-order chi connectivity index (χ0) is 17.5. The number of carbonyl (C=O) groups is 1. The third-order valence-corrected chi connectivity index (χ3v) is 3.64. The molecule has 0 heterocycles. The van der Waals surface area contributed by atoms with Gasteiger partial charge in [0.05, 0.1) is 12.2 Å². The van der Waals surface area contributed by atoms with Gasteiger partial charge in [-0.05, 0) is 42.5 Å². The van der Waals surface area contributed by atoms with Crippen LogP contribution in [0.5, 0.6) is 11.5 Å². The van der Waals surface area contributed by atoms with Crippen LogP contribution in [-0.2, 0) is 4.79 Å². The van der Waals surface area contributed by atoms with Crippen LogP contribution in [0.3, 0.4) is 0 Å². The van der Waals surface area contributed by atoms with E-state index in [0.717, 1.165) is 11.4 Å². The second-order valence-electron chi connectivity index (χ2n) is 5.32. The summed E-state index contributed by atoms with van der Waals surface area (Å²) >= 11 is 5.92. The molecule has 1 amide bonds. The van der Waals surface area contributed by atoms with Gasteiger partial charge in [-0.3, -0.25) is 4.79 Å². The van der Waals surface area contributed by atoms with Gasteiger partial charge in [0, 0.05) is 10.7 Å². The second-order valence-corrected chi connectivity index (χ2v) is 5.76. The molecule has 2 N–H and O–H groups in total. The Hall–Kier alpha value is -2.98. The van der Waals surface area contributed by atoms with Crippen LogP contribution < -0.4 is 15.4 Å². The lowest BCUT2D eigenvalue weighted by molar-refractivity contribution is -0.114. The number of benzene rings is 3. The average Bonchev–Trinajstić information content (AvgIpc) is 2.62. The van der Waals surface area contributed by atoms with Crippen molar-refractivity contribution in [1.82, 2.24) is 0 Å². The Morgan fingerprint density at radius 1 is 0.920 bits per heavy atom. The minimum absolute atomic E-state index is 0.113. The second kappa shape index (κ2) is 8.22. The minimum atomic E-state index is -0.170. The molecular weight excluding hydrogens is 336 g/mol. The van der Waals surface area contributed by atoms with Crippen LogP contribution in [0, 0.1) is 0 Å². The molecule has 0 saturated carbocycles. The Kier molecular flexibility index (Phi) is 5.54. The fraction of sp³-hybridized carbons (Fsp3) is 0.0500. The predicted molar refractivity (Wildman–Crippen MR) is 102 cm³/mol. The molecule has 3 rings (SSSR count). The Morgan fingerprint density at radius 2 is 1.68 bits per heavy atom. The molecule has 3 aromatic carbocycles. The van der Waals surface area contributed by atoms with Gasteiger partial charge in [0.15, 0.2) is 5.75 Å². The van der Waals surface area contributed by atoms with Gasteiger partial charge in [-0.15, -0.1) is 0 Å². The van der Waals surface area contributed by atoms with Crippen LogP contribution in [0.25, 0.3) is 0 Å². The maximum absolute atomic E-state index is 12.1. The molecule has 126 valence electrons. The topological polar surface area (TPSA) is 50.4 Å². The SMILES string of the molecule is O=C(CNc1ccccc1Oc1ccccc1)Nc1cccc(Cl)c1. The van der Waals surface area contributed by atoms with Gasteiger partial charge in [0.2, 0.25) is 5.91 Å². The first-order valence-electron chi connectivity index (χ1n) is 7.82. The first kappa shape index (κ1) is 16.9. The lowest BCUT2D eigenvalue weighted by Crippen LogP contribution is -2.21. The maximum Gasteiger partial charge on any atom is 0.243 e. The summed E-state index contributed by atoms with van der Waals surface area (Å²) in [7, 11) is 0. The molecule has 25 heavy (non-hydrogen) atoms. The van der Waals surface area contributed by atoms with E-state index in [0.29, 0.717) is 16.5 Å². The Morgan fingerprint density at radius 3 is 2.48 bits per heavy atom. The first-order chi connectivity index (χ1) is 12.2. The van der Waals surface area contributed by atoms with Crippen molar-refractivity contribution in [2.75, 3.05) is 17.2 Å². The molecule has 5 heteroatoms. The van der Waals surface area contributed by atoms with E-state index in [-0.39, 0.29) is 12.5 Å². The van der Waals surface area contributed by atoms with Gasteiger partial charge in [-0.25, -0.2) is 0 Å². The zero-order valence-corrected chi connectivity index (χ0v) is 14.2. The van der Waals surface area contributed by atoms with Crippen molar-refractivity contribution in [2.45, 2.75) is 0 Å². The zero-order valence-electron chi connectivity index (χ0n) is 13.4. The van der Waals surface area contributed by atoms with E-state index in [4.69, 9.17) is 16.3 Å². The van der Waals surface area contributed by atoms with Crippen molar-refractivity contribution in [3.8, 4) is 11.5 Å². The largest absolute Gasteiger partial charge is 0.455 e. The molecule has 0 saturated heterocycles. The van der Waals surface area contributed by atoms with E-state index >= 15 is 0 Å². The van der Waals surface area contributed by atoms with Crippen LogP contribution in [0.4, 0.5) is 11.4 Å². The number of amides is 1. The monoisotopic (exact) mass is 352 g/mol. The van der Waals surface area contributed by atoms with E-state index < -0.39 is 0 Å². The Labute approximate surface area is 151 Å². The number of halogens is 1. The smallest absolute Gasteiger partial charge is 0.243 e. The van der Waals surface area contributed by atoms with Gasteiger partial charge >= 0.3 is 0 Å². The number of para-hydroxylation sites is 3. The molecular formula is C20H17ClN2O2. The molecule has 0 unspecified atom stereocenters. The van der Waals surface area contributed by atoms with E-state index in [2.05, 4.69) is 10.6 Å². The summed E-state index contributed by atoms with van der Waals surface area (Å²) in [6.07, 6.45) is 0. The van der Waals surface area contributed by atoms with E-state index in [1.165, 1.54) is 0 Å². The number of hydrogen-bond acceptors (Lipinski definition) is 3. The third-order valence-electron chi connectivity index (χ3n) is 3.41. The van der Waals surface area contributed by atoms with Crippen molar-refractivity contribution in [3.63, 3.8) is 0 Å². The molecule has 0 aromatic heterocycles. The standard InChI is InChI=1S/C20H17ClN2O2/c21-15-7-6-8-16(13-15)23-20(24)14-22-18-11-4-5-12-19(18)25-17-9-2-1-3-10-17/h1-13,22H,14H2,(H,23,24). The van der Waals surface area contributed by atoms with Gasteiger partial charge in [0.1, 0.15) is 5.75 Å². The minimum Gasteiger partial charge on any atom is -0.455 e. The number of hydrogen-bond donors (Lipinski definition) is 2. The summed E-state index contributed by atoms with van der Waals surface area (Å²) in [6.45, 7) is 0.113. The van der Waals surface area contributed by atoms with E-state index in [9.17, 15) is 4.79 Å². The summed E-state index contributed by atoms with van der Waals surface area (Å²) < 4.78 is 5.86. The maximum atomic E-state index is 12.1. The van der Waals surface area contributed by atoms with Gasteiger partial charge in [-0.1, -0.05) is 48.0 Å². The number of anilines is 2. The van der Waals surface area contributed by atoms with Crippen molar-refractivity contribution in [3.05, 3.63) is 83.9 Å². The lowest BCUT2D eigenvalue weighted by Gasteiger charge is -2.13. The summed E-state index contributed by atoms with van der Waals surface area (Å²) in [6, 6.07) is 24.0. The molecule has 0 aliphatic carbocycles. The molecule has 0 radical (unpaired) electrons. The first-order valence-corrected chi connectivity index (χ1v) is 8.20. The Balaban J connectivity index is 1.62. The molecule has 0 aliphatic rings. The summed E-state index contributed by atoms with van der Waals surface area (Å²) in [4.78, 5) is 12.1. The number of rotatable bonds is 6. The number of nitrogens with one attached hydrogen (secondary N) is 2. The highest BCUT2D eigenvalue weighted by Crippen LogP contribution is 2.28. The quantitative estimate of drug-likeness (QED) is 0.642. The fourth-order valence-electron chi connectivity index (χ4n) is 2.26. The number of carbonyl (C=O) groups excluding carboxylic acids is 1. The van der Waals surface area contributed by atoms with Crippen LogP contribution >= 0.6 is 11.6 Å². The van der Waals surface area contributed by atoms with Crippen molar-refractivity contribution in [2.24, 2.45) is 0 Å². The average molecular weight is 353 g/mol. The van der Waals surface area contributed by atoms with E-state index in [1.807, 2.05) is 54.6 Å². The van der Waals surface area contributed by atoms with Crippen LogP contribution in [0.15, 0.2) is 78.9 Å². The molecule has 4 nitrogen and oxygen atoms in total. The molecule has 0 atom stereocenters. The predicted octanol–water partition coefficient (Wildman–Crippen LogP) is 5.18. The molecule has 0 fully saturated rings. The highest BCUT2D eigenvalue weighted by molar-refractivity contribution is 6.30. The lowest BCUT2D eigenvalue weighted by atomic mass is 10.2. The van der Waals surface area contributed by atoms with Crippen molar-refractivity contribution >= 4 is 28.9 Å². The Bertz CT molecular complexity index is 853. The normalized spacial score (nSPS) is 10.1. The summed E-state index contributed by atoms with van der Waals surface area (Å²) in [5.41, 5.74) is 1.40. The fourth-order valence-corrected chi connectivity index (χ4v) is 2.45. The third kappa shape index (κ3) is 4.99. The van der Waals surface area contributed by atoms with Crippen molar-refractivity contribution < 1.29 is 9.53 Å². The van der Waals surface area contributed by atoms with Crippen molar-refractivity contribution in [1.29, 1.82) is 0 Å². The summed E-state index contributed by atoms with van der Waals surface area (Å²) in [5, 5.41) is 6.47. The highest BCUT2D eigenvalue weighted by atomic mass is 35.5. The van der Waals surface area contributed by atoms with Gasteiger partial charge < -0.3 is 15.4 Å². The van der Waals surface area contributed by atoms with Crippen LogP contribution in [-0.4, -0.2) is 12.5 Å².